The van der Waals surface area contributed by atoms with Crippen LogP contribution < -0.4 is 5.32 Å². The third kappa shape index (κ3) is 36.4. The Morgan fingerprint density at radius 3 is 1.58 bits per heavy atom. The van der Waals surface area contributed by atoms with Crippen LogP contribution in [0.2, 0.25) is 0 Å². The van der Waals surface area contributed by atoms with E-state index in [-0.39, 0.29) is 19.4 Å². The summed E-state index contributed by atoms with van der Waals surface area (Å²) in [7, 11) is 0. The summed E-state index contributed by atoms with van der Waals surface area (Å²) in [6.45, 7) is 5.58. The van der Waals surface area contributed by atoms with Crippen molar-refractivity contribution >= 4 is 11.9 Å². The lowest BCUT2D eigenvalue weighted by Gasteiger charge is -2.41. The number of hydrogen-bond donors (Lipinski definition) is 6. The number of aliphatic hydroxyl groups excluding tert-OH is 5. The maximum atomic E-state index is 13.4. The molecule has 0 spiro atoms. The van der Waals surface area contributed by atoms with E-state index in [4.69, 9.17) is 14.2 Å². The molecule has 6 N–H and O–H groups in total. The van der Waals surface area contributed by atoms with Crippen molar-refractivity contribution in [3.63, 3.8) is 0 Å². The van der Waals surface area contributed by atoms with E-state index in [1.54, 1.807) is 6.08 Å². The number of allylic oxidation sites excluding steroid dienone is 13. The van der Waals surface area contributed by atoms with Gasteiger partial charge in [-0.2, -0.15) is 0 Å². The van der Waals surface area contributed by atoms with E-state index >= 15 is 0 Å². The Balaban J connectivity index is 2.78. The number of hydrogen-bond acceptors (Lipinski definition) is 10. The SMILES string of the molecule is CC/C=C\C/C=C\C/C=C\C/C=C\C/C=C\CCCCC(O)C(=O)NC(COC1OC(CO)C(O)C(O)C1OC(=O)CCCCCCC/C=C\CCCC)C(O)/C=C/CCCCCCCCCCCCC. The van der Waals surface area contributed by atoms with Gasteiger partial charge in [0, 0.05) is 6.42 Å². The zero-order valence-electron chi connectivity index (χ0n) is 44.8. The van der Waals surface area contributed by atoms with Crippen molar-refractivity contribution in [1.29, 1.82) is 0 Å². The molecule has 71 heavy (non-hydrogen) atoms. The van der Waals surface area contributed by atoms with Crippen LogP contribution in [0, 0.1) is 0 Å². The molecule has 0 bridgehead atoms. The Morgan fingerprint density at radius 1 is 0.563 bits per heavy atom. The van der Waals surface area contributed by atoms with Gasteiger partial charge in [0.15, 0.2) is 12.4 Å². The lowest BCUT2D eigenvalue weighted by atomic mass is 9.99. The van der Waals surface area contributed by atoms with Gasteiger partial charge in [0.2, 0.25) is 5.91 Å². The number of esters is 1. The van der Waals surface area contributed by atoms with E-state index in [0.717, 1.165) is 109 Å². The molecule has 8 unspecified atom stereocenters. The van der Waals surface area contributed by atoms with Crippen molar-refractivity contribution in [3.8, 4) is 0 Å². The fourth-order valence-electron chi connectivity index (χ4n) is 8.24. The van der Waals surface area contributed by atoms with Gasteiger partial charge >= 0.3 is 5.97 Å². The second-order valence-electron chi connectivity index (χ2n) is 19.3. The molecule has 0 aromatic heterocycles. The van der Waals surface area contributed by atoms with E-state index in [2.05, 4.69) is 99.0 Å². The Labute approximate surface area is 432 Å². The lowest BCUT2D eigenvalue weighted by Crippen LogP contribution is -2.61. The number of unbranched alkanes of at least 4 members (excludes halogenated alkanes) is 20. The van der Waals surface area contributed by atoms with Crippen molar-refractivity contribution in [2.75, 3.05) is 13.2 Å². The summed E-state index contributed by atoms with van der Waals surface area (Å²) in [5, 5.41) is 56.7. The van der Waals surface area contributed by atoms with Crippen LogP contribution in [-0.2, 0) is 23.8 Å². The van der Waals surface area contributed by atoms with Gasteiger partial charge in [-0.15, -0.1) is 0 Å². The highest BCUT2D eigenvalue weighted by atomic mass is 16.7. The van der Waals surface area contributed by atoms with Crippen LogP contribution in [-0.4, -0.2) is 99.6 Å². The van der Waals surface area contributed by atoms with E-state index in [1.165, 1.54) is 64.2 Å². The van der Waals surface area contributed by atoms with Gasteiger partial charge in [-0.25, -0.2) is 0 Å². The molecule has 408 valence electrons. The molecular weight excluding hydrogens is 895 g/mol. The minimum Gasteiger partial charge on any atom is -0.454 e. The summed E-state index contributed by atoms with van der Waals surface area (Å²) >= 11 is 0. The van der Waals surface area contributed by atoms with Crippen molar-refractivity contribution in [3.05, 3.63) is 85.1 Å². The van der Waals surface area contributed by atoms with Gasteiger partial charge in [-0.3, -0.25) is 9.59 Å². The van der Waals surface area contributed by atoms with Crippen LogP contribution in [0.15, 0.2) is 85.1 Å². The minimum atomic E-state index is -1.62. The molecule has 1 heterocycles. The number of ether oxygens (including phenoxy) is 3. The predicted octanol–water partition coefficient (Wildman–Crippen LogP) is 12.6. The standard InChI is InChI=1S/C60H103NO10/c1-4-7-10-13-16-19-22-24-25-26-27-28-30-33-35-38-41-44-47-53(64)59(68)61-51(52(63)46-43-40-37-34-32-29-23-20-17-14-11-8-5-2)50-69-60-58(57(67)56(66)54(49-62)70-60)71-55(65)48-45-42-39-36-31-21-18-15-12-9-6-3/h7,10,15-16,18-19,24-25,27-28,33,35,43,46,51-54,56-58,60,62-64,66-67H,4-6,8-9,11-14,17,20-23,26,29-32,34,36-42,44-45,47-50H2,1-3H3,(H,61,68)/b10-7-,18-15-,19-16-,25-24-,28-27-,35-33-,46-43+. The number of rotatable bonds is 46. The third-order valence-electron chi connectivity index (χ3n) is 12.8. The average Bonchev–Trinajstić information content (AvgIpc) is 3.37. The topological polar surface area (TPSA) is 175 Å². The Morgan fingerprint density at radius 2 is 1.03 bits per heavy atom. The van der Waals surface area contributed by atoms with E-state index in [9.17, 15) is 35.1 Å². The number of carbonyl (C=O) groups excluding carboxylic acids is 2. The average molecular weight is 998 g/mol. The van der Waals surface area contributed by atoms with Crippen LogP contribution in [0.3, 0.4) is 0 Å². The number of nitrogens with one attached hydrogen (secondary N) is 1. The smallest absolute Gasteiger partial charge is 0.306 e. The fourth-order valence-corrected chi connectivity index (χ4v) is 8.24. The molecule has 0 aliphatic carbocycles. The molecule has 0 aromatic carbocycles. The summed E-state index contributed by atoms with van der Waals surface area (Å²) < 4.78 is 17.5. The van der Waals surface area contributed by atoms with Gasteiger partial charge < -0.3 is 45.1 Å². The molecule has 1 aliphatic rings. The monoisotopic (exact) mass is 998 g/mol. The van der Waals surface area contributed by atoms with Gasteiger partial charge in [0.25, 0.3) is 0 Å². The van der Waals surface area contributed by atoms with Crippen molar-refractivity contribution in [2.24, 2.45) is 0 Å². The van der Waals surface area contributed by atoms with Crippen molar-refractivity contribution in [2.45, 2.75) is 269 Å². The second-order valence-corrected chi connectivity index (χ2v) is 19.3. The van der Waals surface area contributed by atoms with Gasteiger partial charge in [0.1, 0.15) is 24.4 Å². The first-order valence-corrected chi connectivity index (χ1v) is 28.4. The third-order valence-corrected chi connectivity index (χ3v) is 12.8. The van der Waals surface area contributed by atoms with Crippen molar-refractivity contribution < 1.29 is 49.3 Å². The zero-order chi connectivity index (χ0) is 51.8. The number of carbonyl (C=O) groups is 2. The first kappa shape index (κ1) is 65.9. The molecule has 1 rings (SSSR count). The van der Waals surface area contributed by atoms with Crippen LogP contribution in [0.25, 0.3) is 0 Å². The van der Waals surface area contributed by atoms with Gasteiger partial charge in [-0.05, 0) is 89.9 Å². The highest BCUT2D eigenvalue weighted by Gasteiger charge is 2.47. The Kier molecular flexibility index (Phi) is 44.4. The second kappa shape index (κ2) is 47.8. The Bertz CT molecular complexity index is 1470. The molecule has 8 atom stereocenters. The molecular formula is C60H103NO10. The quantitative estimate of drug-likeness (QED) is 0.0196. The molecule has 1 fully saturated rings. The summed E-state index contributed by atoms with van der Waals surface area (Å²) in [5.74, 6) is -1.24. The van der Waals surface area contributed by atoms with Gasteiger partial charge in [-0.1, -0.05) is 209 Å². The zero-order valence-corrected chi connectivity index (χ0v) is 44.8. The van der Waals surface area contributed by atoms with Crippen LogP contribution in [0.4, 0.5) is 0 Å². The molecule has 1 aliphatic heterocycles. The van der Waals surface area contributed by atoms with E-state index in [1.807, 2.05) is 6.08 Å². The fraction of sp³-hybridized carbons (Fsp3) is 0.733. The van der Waals surface area contributed by atoms with Crippen LogP contribution >= 0.6 is 0 Å². The normalized spacial score (nSPS) is 20.3. The molecule has 0 aromatic rings. The molecule has 0 saturated carbocycles. The van der Waals surface area contributed by atoms with Crippen molar-refractivity contribution in [1.82, 2.24) is 5.32 Å². The Hall–Kier alpha value is -3.16. The highest BCUT2D eigenvalue weighted by Crippen LogP contribution is 2.26. The molecule has 11 nitrogen and oxygen atoms in total. The summed E-state index contributed by atoms with van der Waals surface area (Å²) in [6, 6.07) is -1.05. The maximum Gasteiger partial charge on any atom is 0.306 e. The van der Waals surface area contributed by atoms with Crippen LogP contribution in [0.5, 0.6) is 0 Å². The minimum absolute atomic E-state index is 0.105. The van der Waals surface area contributed by atoms with E-state index in [0.29, 0.717) is 12.8 Å². The van der Waals surface area contributed by atoms with Crippen LogP contribution in [0.1, 0.15) is 220 Å². The predicted molar refractivity (Wildman–Crippen MR) is 292 cm³/mol. The molecule has 11 heteroatoms. The van der Waals surface area contributed by atoms with E-state index < -0.39 is 67.4 Å². The first-order chi connectivity index (χ1) is 34.7. The highest BCUT2D eigenvalue weighted by molar-refractivity contribution is 5.80. The molecule has 1 saturated heterocycles. The molecule has 1 amide bonds. The lowest BCUT2D eigenvalue weighted by molar-refractivity contribution is -0.305. The molecule has 0 radical (unpaired) electrons. The number of aliphatic hydroxyl groups is 5. The summed E-state index contributed by atoms with van der Waals surface area (Å²) in [6.07, 6.45) is 50.6. The number of amides is 1. The summed E-state index contributed by atoms with van der Waals surface area (Å²) in [4.78, 5) is 26.4. The summed E-state index contributed by atoms with van der Waals surface area (Å²) in [5.41, 5.74) is 0. The van der Waals surface area contributed by atoms with Gasteiger partial charge in [0.05, 0.1) is 25.4 Å². The maximum absolute atomic E-state index is 13.4. The first-order valence-electron chi connectivity index (χ1n) is 28.4. The largest absolute Gasteiger partial charge is 0.454 e.